The Kier molecular flexibility index (Phi) is 4.94. The van der Waals surface area contributed by atoms with Crippen molar-refractivity contribution >= 4 is 5.91 Å². The van der Waals surface area contributed by atoms with Crippen LogP contribution in [0.1, 0.15) is 23.0 Å². The van der Waals surface area contributed by atoms with Crippen LogP contribution < -0.4 is 10.7 Å². The molecule has 3 heterocycles. The Bertz CT molecular complexity index is 1120. The molecule has 1 saturated heterocycles. The molecule has 2 N–H and O–H groups in total. The number of carbonyl (C=O) groups excluding carboxylic acids is 1. The average molecular weight is 423 g/mol. The summed E-state index contributed by atoms with van der Waals surface area (Å²) in [6.45, 7) is 4.76. The lowest BCUT2D eigenvalue weighted by molar-refractivity contribution is 0.0892. The molecule has 3 atom stereocenters. The van der Waals surface area contributed by atoms with Crippen LogP contribution in [0.3, 0.4) is 0 Å². The number of benzene rings is 2. The number of imidazole rings is 1. The van der Waals surface area contributed by atoms with E-state index in [0.29, 0.717) is 11.6 Å². The molecule has 3 unspecified atom stereocenters. The first-order chi connectivity index (χ1) is 15.0. The Balaban J connectivity index is 1.38. The molecule has 2 aliphatic heterocycles. The summed E-state index contributed by atoms with van der Waals surface area (Å²) in [6.07, 6.45) is 1.07. The third-order valence-corrected chi connectivity index (χ3v) is 6.14. The fourth-order valence-corrected chi connectivity index (χ4v) is 4.59. The third-order valence-electron chi connectivity index (χ3n) is 6.14. The molecule has 2 aromatic carbocycles. The van der Waals surface area contributed by atoms with Gasteiger partial charge in [-0.2, -0.15) is 0 Å². The molecule has 0 bridgehead atoms. The van der Waals surface area contributed by atoms with Gasteiger partial charge in [0.25, 0.3) is 5.91 Å². The standard InChI is InChI=1S/C23H23F2N5O/c1-14-11-29(12-15-5-3-2-4-6-15)13-18(14)21-27-23(31)20-10-26-22(30(20)28-21)17-8-7-16(24)9-19(17)25/h2-10,14,18,21,28H,11-13H2,1H3,(H,27,31). The van der Waals surface area contributed by atoms with Gasteiger partial charge in [-0.3, -0.25) is 9.69 Å². The second-order valence-electron chi connectivity index (χ2n) is 8.33. The number of likely N-dealkylation sites (tertiary alicyclic amines) is 1. The van der Waals surface area contributed by atoms with Crippen LogP contribution in [0, 0.1) is 23.5 Å². The van der Waals surface area contributed by atoms with E-state index >= 15 is 0 Å². The number of rotatable bonds is 4. The zero-order chi connectivity index (χ0) is 21.5. The highest BCUT2D eigenvalue weighted by Gasteiger charge is 2.39. The van der Waals surface area contributed by atoms with Gasteiger partial charge >= 0.3 is 0 Å². The fourth-order valence-electron chi connectivity index (χ4n) is 4.59. The van der Waals surface area contributed by atoms with Crippen LogP contribution in [-0.2, 0) is 6.54 Å². The quantitative estimate of drug-likeness (QED) is 0.677. The highest BCUT2D eigenvalue weighted by atomic mass is 19.1. The molecule has 31 heavy (non-hydrogen) atoms. The van der Waals surface area contributed by atoms with E-state index in [1.807, 2.05) is 18.2 Å². The van der Waals surface area contributed by atoms with Gasteiger partial charge in [-0.05, 0) is 23.6 Å². The molecule has 0 radical (unpaired) electrons. The molecule has 1 fully saturated rings. The predicted molar refractivity (Wildman–Crippen MR) is 113 cm³/mol. The Morgan fingerprint density at radius 3 is 2.71 bits per heavy atom. The van der Waals surface area contributed by atoms with E-state index in [9.17, 15) is 13.6 Å². The van der Waals surface area contributed by atoms with Crippen molar-refractivity contribution in [3.63, 3.8) is 0 Å². The maximum atomic E-state index is 14.4. The summed E-state index contributed by atoms with van der Waals surface area (Å²) >= 11 is 0. The van der Waals surface area contributed by atoms with E-state index in [4.69, 9.17) is 0 Å². The lowest BCUT2D eigenvalue weighted by atomic mass is 9.94. The summed E-state index contributed by atoms with van der Waals surface area (Å²) in [4.78, 5) is 19.3. The van der Waals surface area contributed by atoms with E-state index in [-0.39, 0.29) is 29.4 Å². The first kappa shape index (κ1) is 19.7. The molecule has 5 rings (SSSR count). The van der Waals surface area contributed by atoms with Crippen LogP contribution >= 0.6 is 0 Å². The molecule has 6 nitrogen and oxygen atoms in total. The predicted octanol–water partition coefficient (Wildman–Crippen LogP) is 3.21. The number of hydrogen-bond donors (Lipinski definition) is 2. The average Bonchev–Trinajstić information content (AvgIpc) is 3.32. The van der Waals surface area contributed by atoms with Gasteiger partial charge in [0.05, 0.1) is 11.8 Å². The van der Waals surface area contributed by atoms with Gasteiger partial charge in [-0.15, -0.1) is 0 Å². The highest BCUT2D eigenvalue weighted by Crippen LogP contribution is 2.30. The number of halogens is 2. The zero-order valence-electron chi connectivity index (χ0n) is 17.1. The second-order valence-corrected chi connectivity index (χ2v) is 8.33. The molecule has 2 aliphatic rings. The number of hydrogen-bond acceptors (Lipinski definition) is 4. The number of aromatic nitrogens is 2. The molecule has 0 saturated carbocycles. The molecule has 3 aromatic rings. The van der Waals surface area contributed by atoms with Crippen molar-refractivity contribution in [3.05, 3.63) is 77.6 Å². The van der Waals surface area contributed by atoms with Crippen molar-refractivity contribution in [1.29, 1.82) is 0 Å². The number of carbonyl (C=O) groups is 1. The molecule has 1 amide bonds. The number of nitrogens with one attached hydrogen (secondary N) is 2. The van der Waals surface area contributed by atoms with Crippen molar-refractivity contribution < 1.29 is 13.6 Å². The SMILES string of the molecule is CC1CN(Cc2ccccc2)CC1C1NC(=O)c2cnc(-c3ccc(F)cc3F)n2N1. The number of fused-ring (bicyclic) bond motifs is 1. The smallest absolute Gasteiger partial charge is 0.273 e. The molecular formula is C23H23F2N5O. The molecule has 160 valence electrons. The van der Waals surface area contributed by atoms with Crippen LogP contribution in [0.2, 0.25) is 0 Å². The summed E-state index contributed by atoms with van der Waals surface area (Å²) in [6, 6.07) is 13.6. The van der Waals surface area contributed by atoms with Gasteiger partial charge in [0.1, 0.15) is 23.5 Å². The summed E-state index contributed by atoms with van der Waals surface area (Å²) in [7, 11) is 0. The van der Waals surface area contributed by atoms with Crippen LogP contribution in [-0.4, -0.2) is 39.7 Å². The minimum atomic E-state index is -0.721. The van der Waals surface area contributed by atoms with Crippen LogP contribution in [0.5, 0.6) is 0 Å². The monoisotopic (exact) mass is 423 g/mol. The first-order valence-corrected chi connectivity index (χ1v) is 10.4. The second kappa shape index (κ2) is 7.77. The van der Waals surface area contributed by atoms with Gasteiger partial charge in [-0.1, -0.05) is 37.3 Å². The molecular weight excluding hydrogens is 400 g/mol. The van der Waals surface area contributed by atoms with Gasteiger partial charge in [0.2, 0.25) is 0 Å². The summed E-state index contributed by atoms with van der Waals surface area (Å²) in [5.74, 6) is -0.890. The topological polar surface area (TPSA) is 62.2 Å². The summed E-state index contributed by atoms with van der Waals surface area (Å²) in [5, 5.41) is 3.03. The van der Waals surface area contributed by atoms with Crippen LogP contribution in [0.4, 0.5) is 8.78 Å². The lowest BCUT2D eigenvalue weighted by Gasteiger charge is -2.34. The van der Waals surface area contributed by atoms with E-state index in [1.54, 1.807) is 0 Å². The van der Waals surface area contributed by atoms with E-state index in [0.717, 1.165) is 25.7 Å². The van der Waals surface area contributed by atoms with Gasteiger partial charge < -0.3 is 10.7 Å². The largest absolute Gasteiger partial charge is 0.329 e. The van der Waals surface area contributed by atoms with Crippen molar-refractivity contribution in [2.45, 2.75) is 19.6 Å². The third kappa shape index (κ3) is 3.67. The normalized spacial score (nSPS) is 23.3. The van der Waals surface area contributed by atoms with Gasteiger partial charge in [-0.25, -0.2) is 18.4 Å². The number of nitrogens with zero attached hydrogens (tertiary/aromatic N) is 3. The highest BCUT2D eigenvalue weighted by molar-refractivity contribution is 5.94. The van der Waals surface area contributed by atoms with E-state index in [1.165, 1.54) is 28.6 Å². The summed E-state index contributed by atoms with van der Waals surface area (Å²) in [5.41, 5.74) is 4.99. The molecule has 8 heteroatoms. The molecule has 1 aromatic heterocycles. The fraction of sp³-hybridized carbons (Fsp3) is 0.304. The van der Waals surface area contributed by atoms with E-state index in [2.05, 4.69) is 39.7 Å². The van der Waals surface area contributed by atoms with Crippen LogP contribution in [0.25, 0.3) is 11.4 Å². The van der Waals surface area contributed by atoms with E-state index < -0.39 is 11.6 Å². The number of amides is 1. The minimum absolute atomic E-state index is 0.138. The maximum absolute atomic E-state index is 14.4. The van der Waals surface area contributed by atoms with Gasteiger partial charge in [0.15, 0.2) is 5.82 Å². The Morgan fingerprint density at radius 2 is 1.94 bits per heavy atom. The van der Waals surface area contributed by atoms with Gasteiger partial charge in [0, 0.05) is 31.6 Å². The van der Waals surface area contributed by atoms with Crippen molar-refractivity contribution in [1.82, 2.24) is 19.9 Å². The van der Waals surface area contributed by atoms with Crippen LogP contribution in [0.15, 0.2) is 54.7 Å². The van der Waals surface area contributed by atoms with Crippen molar-refractivity contribution in [2.75, 3.05) is 18.5 Å². The Hall–Kier alpha value is -3.26. The lowest BCUT2D eigenvalue weighted by Crippen LogP contribution is -2.55. The Morgan fingerprint density at radius 1 is 1.13 bits per heavy atom. The maximum Gasteiger partial charge on any atom is 0.273 e. The molecule has 0 aliphatic carbocycles. The van der Waals surface area contributed by atoms with Crippen molar-refractivity contribution in [3.8, 4) is 11.4 Å². The first-order valence-electron chi connectivity index (χ1n) is 10.4. The minimum Gasteiger partial charge on any atom is -0.329 e. The zero-order valence-corrected chi connectivity index (χ0v) is 17.1. The summed E-state index contributed by atoms with van der Waals surface area (Å²) < 4.78 is 29.2. The molecule has 0 spiro atoms. The Labute approximate surface area is 178 Å². The van der Waals surface area contributed by atoms with Crippen molar-refractivity contribution in [2.24, 2.45) is 11.8 Å².